The number of benzene rings is 2. The highest BCUT2D eigenvalue weighted by atomic mass is 79.9. The molecule has 2 rings (SSSR count). The Morgan fingerprint density at radius 2 is 1.71 bits per heavy atom. The minimum atomic E-state index is -0.265. The Hall–Kier alpha value is -1.13. The number of carbonyl (C=O) groups is 1. The molecule has 0 amide bonds. The molecule has 112 valence electrons. The monoisotopic (exact) mass is 412 g/mol. The van der Waals surface area contributed by atoms with Crippen LogP contribution in [0.5, 0.6) is 5.75 Å². The summed E-state index contributed by atoms with van der Waals surface area (Å²) in [5, 5.41) is 0. The smallest absolute Gasteiger partial charge is 0.315 e. The minimum Gasteiger partial charge on any atom is -0.426 e. The highest BCUT2D eigenvalue weighted by Crippen LogP contribution is 2.20. The summed E-state index contributed by atoms with van der Waals surface area (Å²) < 4.78 is 7.16. The Bertz CT molecular complexity index is 609. The number of hydrogen-bond acceptors (Lipinski definition) is 2. The van der Waals surface area contributed by atoms with Crippen molar-refractivity contribution in [2.45, 2.75) is 27.2 Å². The lowest BCUT2D eigenvalue weighted by atomic mass is 10.1. The highest BCUT2D eigenvalue weighted by molar-refractivity contribution is 9.10. The van der Waals surface area contributed by atoms with Gasteiger partial charge in [0.05, 0.1) is 6.42 Å². The first kappa shape index (κ1) is 17.9. The van der Waals surface area contributed by atoms with Gasteiger partial charge in [-0.05, 0) is 48.4 Å². The van der Waals surface area contributed by atoms with E-state index in [4.69, 9.17) is 4.74 Å². The Balaban J connectivity index is 0.00000106. The molecule has 0 bridgehead atoms. The molecule has 0 atom stereocenters. The van der Waals surface area contributed by atoms with Crippen molar-refractivity contribution in [2.75, 3.05) is 0 Å². The van der Waals surface area contributed by atoms with Gasteiger partial charge in [-0.15, -0.1) is 0 Å². The molecule has 0 heterocycles. The molecule has 0 N–H and O–H groups in total. The first-order chi connectivity index (χ1) is 10.0. The number of hydrogen-bond donors (Lipinski definition) is 0. The van der Waals surface area contributed by atoms with Gasteiger partial charge in [0.1, 0.15) is 5.75 Å². The first-order valence-electron chi connectivity index (χ1n) is 6.76. The molecule has 0 spiro atoms. The van der Waals surface area contributed by atoms with E-state index in [-0.39, 0.29) is 12.4 Å². The first-order valence-corrected chi connectivity index (χ1v) is 8.34. The molecule has 0 aliphatic carbocycles. The molecule has 0 saturated carbocycles. The average molecular weight is 414 g/mol. The van der Waals surface area contributed by atoms with E-state index in [1.54, 1.807) is 12.1 Å². The van der Waals surface area contributed by atoms with Gasteiger partial charge in [-0.3, -0.25) is 4.79 Å². The normalized spacial score (nSPS) is 9.57. The second-order valence-corrected chi connectivity index (χ2v) is 6.01. The maximum Gasteiger partial charge on any atom is 0.315 e. The fourth-order valence-corrected chi connectivity index (χ4v) is 2.47. The number of carbonyl (C=O) groups excluding carboxylic acids is 1. The fraction of sp³-hybridized carbons (Fsp3) is 0.235. The molecule has 0 fully saturated rings. The van der Waals surface area contributed by atoms with Gasteiger partial charge in [0, 0.05) is 8.95 Å². The van der Waals surface area contributed by atoms with Gasteiger partial charge in [0.2, 0.25) is 0 Å². The molecule has 2 nitrogen and oxygen atoms in total. The molecule has 0 saturated heterocycles. The van der Waals surface area contributed by atoms with Crippen LogP contribution < -0.4 is 4.74 Å². The van der Waals surface area contributed by atoms with Crippen LogP contribution in [0.4, 0.5) is 0 Å². The highest BCUT2D eigenvalue weighted by Gasteiger charge is 2.09. The van der Waals surface area contributed by atoms with Crippen molar-refractivity contribution in [1.29, 1.82) is 0 Å². The number of halogens is 2. The van der Waals surface area contributed by atoms with Crippen LogP contribution in [0.25, 0.3) is 0 Å². The van der Waals surface area contributed by atoms with Crippen molar-refractivity contribution in [3.8, 4) is 5.75 Å². The maximum absolute atomic E-state index is 11.9. The van der Waals surface area contributed by atoms with Gasteiger partial charge in [-0.2, -0.15) is 0 Å². The summed E-state index contributed by atoms with van der Waals surface area (Å²) in [6.07, 6.45) is 0.262. The predicted molar refractivity (Wildman–Crippen MR) is 93.7 cm³/mol. The number of aryl methyl sites for hydroxylation is 1. The Kier molecular flexibility index (Phi) is 7.68. The largest absolute Gasteiger partial charge is 0.426 e. The molecule has 21 heavy (non-hydrogen) atoms. The maximum atomic E-state index is 11.9. The molecule has 2 aromatic carbocycles. The third-order valence-electron chi connectivity index (χ3n) is 2.67. The molecule has 0 radical (unpaired) electrons. The van der Waals surface area contributed by atoms with E-state index in [1.165, 1.54) is 0 Å². The molecular weight excluding hydrogens is 396 g/mol. The summed E-state index contributed by atoms with van der Waals surface area (Å²) in [7, 11) is 0. The molecule has 4 heteroatoms. The van der Waals surface area contributed by atoms with E-state index in [1.807, 2.05) is 51.1 Å². The minimum absolute atomic E-state index is 0.262. The number of ether oxygens (including phenoxy) is 1. The van der Waals surface area contributed by atoms with Gasteiger partial charge >= 0.3 is 5.97 Å². The molecule has 0 aliphatic rings. The summed E-state index contributed by atoms with van der Waals surface area (Å²) in [5.41, 5.74) is 2.05. The number of rotatable bonds is 3. The second-order valence-electron chi connectivity index (χ2n) is 4.18. The van der Waals surface area contributed by atoms with Crippen LogP contribution >= 0.6 is 31.9 Å². The molecule has 0 unspecified atom stereocenters. The van der Waals surface area contributed by atoms with Crippen LogP contribution in [0.1, 0.15) is 25.0 Å². The topological polar surface area (TPSA) is 26.3 Å². The van der Waals surface area contributed by atoms with E-state index in [9.17, 15) is 4.79 Å². The van der Waals surface area contributed by atoms with Crippen LogP contribution in [0, 0.1) is 6.92 Å². The molecule has 0 aliphatic heterocycles. The quantitative estimate of drug-likeness (QED) is 0.476. The number of esters is 1. The van der Waals surface area contributed by atoms with E-state index >= 15 is 0 Å². The van der Waals surface area contributed by atoms with Crippen molar-refractivity contribution in [1.82, 2.24) is 0 Å². The molecule has 0 aromatic heterocycles. The van der Waals surface area contributed by atoms with E-state index in [0.29, 0.717) is 5.75 Å². The van der Waals surface area contributed by atoms with Gasteiger partial charge < -0.3 is 4.74 Å². The fourth-order valence-electron chi connectivity index (χ4n) is 1.68. The third-order valence-corrected chi connectivity index (χ3v) is 3.66. The summed E-state index contributed by atoms with van der Waals surface area (Å²) in [6, 6.07) is 13.1. The predicted octanol–water partition coefficient (Wildman–Crippen LogP) is 5.69. The second kappa shape index (κ2) is 9.00. The average Bonchev–Trinajstić information content (AvgIpc) is 2.45. The van der Waals surface area contributed by atoms with E-state index in [2.05, 4.69) is 31.9 Å². The summed E-state index contributed by atoms with van der Waals surface area (Å²) >= 11 is 6.75. The zero-order valence-electron chi connectivity index (χ0n) is 12.3. The Morgan fingerprint density at radius 3 is 2.38 bits per heavy atom. The summed E-state index contributed by atoms with van der Waals surface area (Å²) in [5.74, 6) is 0.284. The zero-order chi connectivity index (χ0) is 15.8. The molecular formula is C17H18Br2O2. The molecule has 2 aromatic rings. The van der Waals surface area contributed by atoms with Gasteiger partial charge in [-0.1, -0.05) is 57.8 Å². The van der Waals surface area contributed by atoms with Crippen molar-refractivity contribution in [3.63, 3.8) is 0 Å². The lowest BCUT2D eigenvalue weighted by Crippen LogP contribution is -2.12. The Labute approximate surface area is 142 Å². The van der Waals surface area contributed by atoms with Crippen LogP contribution in [0.3, 0.4) is 0 Å². The standard InChI is InChI=1S/C15H12Br2O2.C2H6/c1-10-5-6-13(17)7-11(10)8-15(18)19-14-4-2-3-12(16)9-14;1-2/h2-7,9H,8H2,1H3;1-2H3. The van der Waals surface area contributed by atoms with E-state index in [0.717, 1.165) is 20.1 Å². The third kappa shape index (κ3) is 6.02. The summed E-state index contributed by atoms with van der Waals surface area (Å²) in [6.45, 7) is 5.98. The van der Waals surface area contributed by atoms with Crippen molar-refractivity contribution >= 4 is 37.8 Å². The van der Waals surface area contributed by atoms with Gasteiger partial charge in [0.25, 0.3) is 0 Å². The van der Waals surface area contributed by atoms with Gasteiger partial charge in [-0.25, -0.2) is 0 Å². The SMILES string of the molecule is CC.Cc1ccc(Br)cc1CC(=O)Oc1cccc(Br)c1. The van der Waals surface area contributed by atoms with Crippen molar-refractivity contribution in [3.05, 3.63) is 62.5 Å². The summed E-state index contributed by atoms with van der Waals surface area (Å²) in [4.78, 5) is 11.9. The Morgan fingerprint density at radius 1 is 1.05 bits per heavy atom. The van der Waals surface area contributed by atoms with Crippen molar-refractivity contribution in [2.24, 2.45) is 0 Å². The van der Waals surface area contributed by atoms with Crippen LogP contribution in [-0.4, -0.2) is 5.97 Å². The zero-order valence-corrected chi connectivity index (χ0v) is 15.5. The lowest BCUT2D eigenvalue weighted by Gasteiger charge is -2.07. The van der Waals surface area contributed by atoms with E-state index < -0.39 is 0 Å². The van der Waals surface area contributed by atoms with Crippen LogP contribution in [-0.2, 0) is 11.2 Å². The lowest BCUT2D eigenvalue weighted by molar-refractivity contribution is -0.133. The van der Waals surface area contributed by atoms with Gasteiger partial charge in [0.15, 0.2) is 0 Å². The van der Waals surface area contributed by atoms with Crippen LogP contribution in [0.15, 0.2) is 51.4 Å². The van der Waals surface area contributed by atoms with Crippen LogP contribution in [0.2, 0.25) is 0 Å². The van der Waals surface area contributed by atoms with Crippen molar-refractivity contribution < 1.29 is 9.53 Å².